The van der Waals surface area contributed by atoms with Gasteiger partial charge in [0.15, 0.2) is 0 Å². The van der Waals surface area contributed by atoms with Crippen LogP contribution in [0.1, 0.15) is 41.0 Å². The molecule has 1 aromatic carbocycles. The molecule has 0 unspecified atom stereocenters. The number of rotatable bonds is 4. The molecule has 1 heteroatoms. The predicted octanol–water partition coefficient (Wildman–Crippen LogP) is 4.59. The summed E-state index contributed by atoms with van der Waals surface area (Å²) < 4.78 is 0. The summed E-state index contributed by atoms with van der Waals surface area (Å²) in [6.07, 6.45) is 1.23. The van der Waals surface area contributed by atoms with Crippen molar-refractivity contribution >= 4 is 5.69 Å². The van der Waals surface area contributed by atoms with E-state index in [1.807, 2.05) is 0 Å². The van der Waals surface area contributed by atoms with Crippen molar-refractivity contribution in [3.63, 3.8) is 0 Å². The van der Waals surface area contributed by atoms with E-state index in [1.54, 1.807) is 0 Å². The van der Waals surface area contributed by atoms with Gasteiger partial charge in [0.25, 0.3) is 0 Å². The van der Waals surface area contributed by atoms with Gasteiger partial charge in [-0.25, -0.2) is 0 Å². The summed E-state index contributed by atoms with van der Waals surface area (Å²) in [6, 6.07) is 10.6. The van der Waals surface area contributed by atoms with E-state index in [0.29, 0.717) is 10.8 Å². The number of para-hydroxylation sites is 1. The molecule has 0 aliphatic carbocycles. The average molecular weight is 233 g/mol. The molecular formula is C16H27N. The molecule has 0 radical (unpaired) electrons. The zero-order chi connectivity index (χ0) is 13.1. The molecule has 1 rings (SSSR count). The first-order valence-electron chi connectivity index (χ1n) is 6.46. The number of anilines is 1. The van der Waals surface area contributed by atoms with Gasteiger partial charge in [-0.15, -0.1) is 0 Å². The molecule has 0 fully saturated rings. The fraction of sp³-hybridized carbons (Fsp3) is 0.625. The number of nitrogens with zero attached hydrogens (tertiary/aromatic N) is 1. The molecule has 0 aliphatic rings. The third-order valence-electron chi connectivity index (χ3n) is 2.87. The molecule has 17 heavy (non-hydrogen) atoms. The third-order valence-corrected chi connectivity index (χ3v) is 2.87. The van der Waals surface area contributed by atoms with Crippen molar-refractivity contribution in [1.29, 1.82) is 0 Å². The average Bonchev–Trinajstić information content (AvgIpc) is 2.14. The van der Waals surface area contributed by atoms with Crippen LogP contribution < -0.4 is 4.90 Å². The van der Waals surface area contributed by atoms with Crippen molar-refractivity contribution in [2.45, 2.75) is 41.0 Å². The van der Waals surface area contributed by atoms with Crippen LogP contribution in [0.2, 0.25) is 0 Å². The second kappa shape index (κ2) is 5.12. The standard InChI is InChI=1S/C16H27N/c1-15(2,3)12-16(4,5)13-17(6)14-10-8-7-9-11-14/h7-11H,12-13H2,1-6H3. The Morgan fingerprint density at radius 3 is 1.94 bits per heavy atom. The van der Waals surface area contributed by atoms with Crippen LogP contribution in [0, 0.1) is 10.8 Å². The Labute approximate surface area is 107 Å². The van der Waals surface area contributed by atoms with Crippen molar-refractivity contribution in [3.05, 3.63) is 30.3 Å². The van der Waals surface area contributed by atoms with Crippen LogP contribution in [-0.4, -0.2) is 13.6 Å². The first-order valence-corrected chi connectivity index (χ1v) is 6.46. The Morgan fingerprint density at radius 2 is 1.47 bits per heavy atom. The van der Waals surface area contributed by atoms with E-state index >= 15 is 0 Å². The maximum absolute atomic E-state index is 2.36. The molecule has 0 aliphatic heterocycles. The molecule has 0 saturated heterocycles. The minimum absolute atomic E-state index is 0.336. The van der Waals surface area contributed by atoms with E-state index in [4.69, 9.17) is 0 Å². The first kappa shape index (κ1) is 14.1. The predicted molar refractivity (Wildman–Crippen MR) is 77.6 cm³/mol. The van der Waals surface area contributed by atoms with E-state index in [0.717, 1.165) is 6.54 Å². The Kier molecular flexibility index (Phi) is 4.24. The summed E-state index contributed by atoms with van der Waals surface area (Å²) >= 11 is 0. The summed E-state index contributed by atoms with van der Waals surface area (Å²) in [4.78, 5) is 2.35. The van der Waals surface area contributed by atoms with Crippen molar-refractivity contribution in [1.82, 2.24) is 0 Å². The minimum Gasteiger partial charge on any atom is -0.374 e. The van der Waals surface area contributed by atoms with Crippen molar-refractivity contribution in [3.8, 4) is 0 Å². The maximum Gasteiger partial charge on any atom is 0.0363 e. The second-order valence-corrected chi connectivity index (χ2v) is 7.09. The Hall–Kier alpha value is -0.980. The highest BCUT2D eigenvalue weighted by molar-refractivity contribution is 5.45. The lowest BCUT2D eigenvalue weighted by molar-refractivity contribution is 0.218. The Bertz CT molecular complexity index is 332. The smallest absolute Gasteiger partial charge is 0.0363 e. The normalized spacial score (nSPS) is 12.6. The lowest BCUT2D eigenvalue weighted by Crippen LogP contribution is -2.34. The molecule has 0 heterocycles. The molecule has 0 amide bonds. The highest BCUT2D eigenvalue weighted by Gasteiger charge is 2.26. The SMILES string of the molecule is CN(CC(C)(C)CC(C)(C)C)c1ccccc1. The number of benzene rings is 1. The third kappa shape index (κ3) is 5.25. The summed E-state index contributed by atoms with van der Waals surface area (Å²) in [5.41, 5.74) is 2.03. The van der Waals surface area contributed by atoms with Gasteiger partial charge in [-0.3, -0.25) is 0 Å². The molecule has 1 nitrogen and oxygen atoms in total. The highest BCUT2D eigenvalue weighted by atomic mass is 15.1. The summed E-state index contributed by atoms with van der Waals surface area (Å²) in [7, 11) is 2.18. The van der Waals surface area contributed by atoms with Crippen LogP contribution in [0.3, 0.4) is 0 Å². The van der Waals surface area contributed by atoms with Gasteiger partial charge in [0.05, 0.1) is 0 Å². The quantitative estimate of drug-likeness (QED) is 0.735. The van der Waals surface area contributed by atoms with Crippen LogP contribution in [0.5, 0.6) is 0 Å². The van der Waals surface area contributed by atoms with Crippen LogP contribution >= 0.6 is 0 Å². The van der Waals surface area contributed by atoms with Gasteiger partial charge in [0.2, 0.25) is 0 Å². The van der Waals surface area contributed by atoms with E-state index in [1.165, 1.54) is 12.1 Å². The maximum atomic E-state index is 2.36. The van der Waals surface area contributed by atoms with Crippen LogP contribution in [0.25, 0.3) is 0 Å². The largest absolute Gasteiger partial charge is 0.374 e. The summed E-state index contributed by atoms with van der Waals surface area (Å²) in [6.45, 7) is 12.8. The number of hydrogen-bond donors (Lipinski definition) is 0. The van der Waals surface area contributed by atoms with Crippen LogP contribution in [0.15, 0.2) is 30.3 Å². The second-order valence-electron chi connectivity index (χ2n) is 7.09. The van der Waals surface area contributed by atoms with Gasteiger partial charge in [-0.1, -0.05) is 52.8 Å². The van der Waals surface area contributed by atoms with Gasteiger partial charge in [0, 0.05) is 19.3 Å². The monoisotopic (exact) mass is 233 g/mol. The topological polar surface area (TPSA) is 3.24 Å². The van der Waals surface area contributed by atoms with Gasteiger partial charge in [-0.05, 0) is 29.4 Å². The summed E-state index contributed by atoms with van der Waals surface area (Å²) in [5.74, 6) is 0. The summed E-state index contributed by atoms with van der Waals surface area (Å²) in [5, 5.41) is 0. The van der Waals surface area contributed by atoms with Gasteiger partial charge in [-0.2, -0.15) is 0 Å². The molecule has 0 saturated carbocycles. The molecule has 1 aromatic rings. The molecule has 96 valence electrons. The lowest BCUT2D eigenvalue weighted by atomic mass is 9.76. The number of hydrogen-bond acceptors (Lipinski definition) is 1. The van der Waals surface area contributed by atoms with Gasteiger partial charge < -0.3 is 4.90 Å². The fourth-order valence-electron chi connectivity index (χ4n) is 2.91. The van der Waals surface area contributed by atoms with Gasteiger partial charge in [0.1, 0.15) is 0 Å². The molecular weight excluding hydrogens is 206 g/mol. The van der Waals surface area contributed by atoms with E-state index in [2.05, 4.69) is 76.9 Å². The zero-order valence-electron chi connectivity index (χ0n) is 12.2. The molecule has 0 spiro atoms. The zero-order valence-corrected chi connectivity index (χ0v) is 12.2. The Morgan fingerprint density at radius 1 is 0.941 bits per heavy atom. The Balaban J connectivity index is 2.65. The molecule has 0 aromatic heterocycles. The highest BCUT2D eigenvalue weighted by Crippen LogP contribution is 2.34. The van der Waals surface area contributed by atoms with E-state index < -0.39 is 0 Å². The lowest BCUT2D eigenvalue weighted by Gasteiger charge is -2.36. The van der Waals surface area contributed by atoms with E-state index in [-0.39, 0.29) is 0 Å². The minimum atomic E-state index is 0.336. The van der Waals surface area contributed by atoms with Crippen LogP contribution in [-0.2, 0) is 0 Å². The first-order chi connectivity index (χ1) is 7.70. The van der Waals surface area contributed by atoms with Crippen molar-refractivity contribution < 1.29 is 0 Å². The van der Waals surface area contributed by atoms with Crippen molar-refractivity contribution in [2.24, 2.45) is 10.8 Å². The van der Waals surface area contributed by atoms with Gasteiger partial charge >= 0.3 is 0 Å². The van der Waals surface area contributed by atoms with Crippen LogP contribution in [0.4, 0.5) is 5.69 Å². The fourth-order valence-corrected chi connectivity index (χ4v) is 2.91. The van der Waals surface area contributed by atoms with E-state index in [9.17, 15) is 0 Å². The molecule has 0 atom stereocenters. The van der Waals surface area contributed by atoms with Crippen molar-refractivity contribution in [2.75, 3.05) is 18.5 Å². The molecule has 0 N–H and O–H groups in total. The molecule has 0 bridgehead atoms.